The summed E-state index contributed by atoms with van der Waals surface area (Å²) in [7, 11) is 0. The van der Waals surface area contributed by atoms with Crippen molar-refractivity contribution in [2.24, 2.45) is 0 Å². The third kappa shape index (κ3) is 4.31. The Labute approximate surface area is 129 Å². The van der Waals surface area contributed by atoms with E-state index in [0.29, 0.717) is 19.5 Å². The molecule has 1 aromatic rings. The standard InChI is InChI=1S/C16H20N2O4/c1-11-2-4-12(5-3-11)10-18-9-8-13(16(18)22)17-14(19)6-7-15(20)21/h2-5,13H,6-10H2,1H3,(H,17,19)(H,20,21). The summed E-state index contributed by atoms with van der Waals surface area (Å²) < 4.78 is 0. The Balaban J connectivity index is 1.85. The number of carboxylic acid groups (broad SMARTS) is 1. The van der Waals surface area contributed by atoms with Crippen molar-refractivity contribution < 1.29 is 19.5 Å². The van der Waals surface area contributed by atoms with Gasteiger partial charge in [0.15, 0.2) is 0 Å². The Morgan fingerprint density at radius 2 is 1.95 bits per heavy atom. The molecule has 6 heteroatoms. The third-order valence-electron chi connectivity index (χ3n) is 3.69. The van der Waals surface area contributed by atoms with Gasteiger partial charge in [-0.1, -0.05) is 29.8 Å². The van der Waals surface area contributed by atoms with Gasteiger partial charge >= 0.3 is 5.97 Å². The summed E-state index contributed by atoms with van der Waals surface area (Å²) in [5.41, 5.74) is 2.22. The zero-order chi connectivity index (χ0) is 16.1. The topological polar surface area (TPSA) is 86.7 Å². The third-order valence-corrected chi connectivity index (χ3v) is 3.69. The van der Waals surface area contributed by atoms with Crippen LogP contribution >= 0.6 is 0 Å². The molecule has 22 heavy (non-hydrogen) atoms. The van der Waals surface area contributed by atoms with E-state index in [1.807, 2.05) is 31.2 Å². The summed E-state index contributed by atoms with van der Waals surface area (Å²) >= 11 is 0. The van der Waals surface area contributed by atoms with Crippen LogP contribution < -0.4 is 5.32 Å². The molecule has 1 aliphatic heterocycles. The summed E-state index contributed by atoms with van der Waals surface area (Å²) in [4.78, 5) is 36.0. The molecule has 6 nitrogen and oxygen atoms in total. The molecular formula is C16H20N2O4. The van der Waals surface area contributed by atoms with E-state index in [1.165, 1.54) is 5.56 Å². The number of carboxylic acids is 1. The first-order valence-electron chi connectivity index (χ1n) is 7.31. The second kappa shape index (κ2) is 7.06. The quantitative estimate of drug-likeness (QED) is 0.823. The summed E-state index contributed by atoms with van der Waals surface area (Å²) in [5, 5.41) is 11.2. The van der Waals surface area contributed by atoms with Gasteiger partial charge in [0.2, 0.25) is 11.8 Å². The van der Waals surface area contributed by atoms with Crippen LogP contribution in [0.2, 0.25) is 0 Å². The lowest BCUT2D eigenvalue weighted by atomic mass is 10.1. The number of hydrogen-bond acceptors (Lipinski definition) is 3. The van der Waals surface area contributed by atoms with Crippen LogP contribution in [0.4, 0.5) is 0 Å². The average molecular weight is 304 g/mol. The molecule has 1 fully saturated rings. The monoisotopic (exact) mass is 304 g/mol. The minimum absolute atomic E-state index is 0.100. The molecule has 0 aromatic heterocycles. The number of nitrogens with zero attached hydrogens (tertiary/aromatic N) is 1. The number of aliphatic carboxylic acids is 1. The average Bonchev–Trinajstić information content (AvgIpc) is 2.80. The van der Waals surface area contributed by atoms with Crippen molar-refractivity contribution in [3.8, 4) is 0 Å². The van der Waals surface area contributed by atoms with Crippen molar-refractivity contribution in [2.75, 3.05) is 6.54 Å². The van der Waals surface area contributed by atoms with Crippen LogP contribution in [-0.2, 0) is 20.9 Å². The Morgan fingerprint density at radius 3 is 2.59 bits per heavy atom. The molecule has 1 atom stereocenters. The molecule has 0 radical (unpaired) electrons. The first-order valence-corrected chi connectivity index (χ1v) is 7.31. The molecule has 0 aliphatic carbocycles. The lowest BCUT2D eigenvalue weighted by molar-refractivity contribution is -0.139. The van der Waals surface area contributed by atoms with Crippen LogP contribution in [0.3, 0.4) is 0 Å². The molecule has 2 rings (SSSR count). The maximum atomic E-state index is 12.2. The largest absolute Gasteiger partial charge is 0.481 e. The SMILES string of the molecule is Cc1ccc(CN2CCC(NC(=O)CCC(=O)O)C2=O)cc1. The first kappa shape index (κ1) is 16.0. The summed E-state index contributed by atoms with van der Waals surface area (Å²) in [6.07, 6.45) is 0.237. The van der Waals surface area contributed by atoms with E-state index < -0.39 is 17.9 Å². The van der Waals surface area contributed by atoms with Crippen molar-refractivity contribution in [1.82, 2.24) is 10.2 Å². The van der Waals surface area contributed by atoms with Crippen molar-refractivity contribution in [3.63, 3.8) is 0 Å². The van der Waals surface area contributed by atoms with Crippen LogP contribution in [0.25, 0.3) is 0 Å². The highest BCUT2D eigenvalue weighted by Gasteiger charge is 2.32. The van der Waals surface area contributed by atoms with Crippen molar-refractivity contribution >= 4 is 17.8 Å². The normalized spacial score (nSPS) is 17.6. The number of aryl methyl sites for hydroxylation is 1. The maximum absolute atomic E-state index is 12.2. The van der Waals surface area contributed by atoms with Crippen LogP contribution in [0.15, 0.2) is 24.3 Å². The fraction of sp³-hybridized carbons (Fsp3) is 0.438. The van der Waals surface area contributed by atoms with Gasteiger partial charge in [-0.15, -0.1) is 0 Å². The Kier molecular flexibility index (Phi) is 5.14. The number of likely N-dealkylation sites (tertiary alicyclic amines) is 1. The number of amides is 2. The van der Waals surface area contributed by atoms with Crippen LogP contribution in [-0.4, -0.2) is 40.4 Å². The van der Waals surface area contributed by atoms with Crippen LogP contribution in [0.1, 0.15) is 30.4 Å². The Bertz CT molecular complexity index is 568. The molecule has 0 spiro atoms. The van der Waals surface area contributed by atoms with Gasteiger partial charge in [-0.3, -0.25) is 14.4 Å². The molecule has 118 valence electrons. The molecule has 1 unspecified atom stereocenters. The number of nitrogens with one attached hydrogen (secondary N) is 1. The lowest BCUT2D eigenvalue weighted by Crippen LogP contribution is -2.41. The lowest BCUT2D eigenvalue weighted by Gasteiger charge is -2.17. The number of carbonyl (C=O) groups excluding carboxylic acids is 2. The van der Waals surface area contributed by atoms with Gasteiger partial charge in [0.1, 0.15) is 6.04 Å². The van der Waals surface area contributed by atoms with Crippen LogP contribution in [0.5, 0.6) is 0 Å². The van der Waals surface area contributed by atoms with E-state index in [9.17, 15) is 14.4 Å². The van der Waals surface area contributed by atoms with Gasteiger partial charge in [-0.05, 0) is 18.9 Å². The molecule has 2 amide bonds. The van der Waals surface area contributed by atoms with E-state index in [1.54, 1.807) is 4.90 Å². The fourth-order valence-electron chi connectivity index (χ4n) is 2.43. The molecular weight excluding hydrogens is 284 g/mol. The first-order chi connectivity index (χ1) is 10.5. The van der Waals surface area contributed by atoms with E-state index >= 15 is 0 Å². The second-order valence-corrected chi connectivity index (χ2v) is 5.55. The number of rotatable bonds is 6. The Morgan fingerprint density at radius 1 is 1.27 bits per heavy atom. The van der Waals surface area contributed by atoms with Gasteiger partial charge in [-0.2, -0.15) is 0 Å². The molecule has 0 bridgehead atoms. The van der Waals surface area contributed by atoms with Gasteiger partial charge < -0.3 is 15.3 Å². The fourth-order valence-corrected chi connectivity index (χ4v) is 2.43. The number of carbonyl (C=O) groups is 3. The number of hydrogen-bond donors (Lipinski definition) is 2. The van der Waals surface area contributed by atoms with E-state index in [0.717, 1.165) is 5.56 Å². The van der Waals surface area contributed by atoms with Gasteiger partial charge in [0.25, 0.3) is 0 Å². The Hall–Kier alpha value is -2.37. The zero-order valence-electron chi connectivity index (χ0n) is 12.5. The minimum Gasteiger partial charge on any atom is -0.481 e. The predicted octanol–water partition coefficient (Wildman–Crippen LogP) is 1.08. The zero-order valence-corrected chi connectivity index (χ0v) is 12.5. The van der Waals surface area contributed by atoms with Crippen molar-refractivity contribution in [2.45, 2.75) is 38.8 Å². The van der Waals surface area contributed by atoms with Crippen LogP contribution in [0, 0.1) is 6.92 Å². The summed E-state index contributed by atoms with van der Waals surface area (Å²) in [5.74, 6) is -1.52. The van der Waals surface area contributed by atoms with Gasteiger partial charge in [0.05, 0.1) is 6.42 Å². The molecule has 1 aliphatic rings. The molecule has 1 saturated heterocycles. The van der Waals surface area contributed by atoms with Gasteiger partial charge in [-0.25, -0.2) is 0 Å². The molecule has 1 heterocycles. The number of benzene rings is 1. The molecule has 0 saturated carbocycles. The van der Waals surface area contributed by atoms with E-state index in [-0.39, 0.29) is 18.7 Å². The summed E-state index contributed by atoms with van der Waals surface area (Å²) in [6.45, 7) is 3.13. The second-order valence-electron chi connectivity index (χ2n) is 5.55. The van der Waals surface area contributed by atoms with E-state index in [4.69, 9.17) is 5.11 Å². The highest BCUT2D eigenvalue weighted by molar-refractivity contribution is 5.89. The van der Waals surface area contributed by atoms with Gasteiger partial charge in [0, 0.05) is 19.5 Å². The van der Waals surface area contributed by atoms with Crippen molar-refractivity contribution in [3.05, 3.63) is 35.4 Å². The summed E-state index contributed by atoms with van der Waals surface area (Å²) in [6, 6.07) is 7.44. The minimum atomic E-state index is -1.02. The smallest absolute Gasteiger partial charge is 0.303 e. The highest BCUT2D eigenvalue weighted by atomic mass is 16.4. The molecule has 2 N–H and O–H groups in total. The highest BCUT2D eigenvalue weighted by Crippen LogP contribution is 2.16. The van der Waals surface area contributed by atoms with Crippen molar-refractivity contribution in [1.29, 1.82) is 0 Å². The predicted molar refractivity (Wildman–Crippen MR) is 80.0 cm³/mol. The van der Waals surface area contributed by atoms with E-state index in [2.05, 4.69) is 5.32 Å². The molecule has 1 aromatic carbocycles. The maximum Gasteiger partial charge on any atom is 0.303 e.